The van der Waals surface area contributed by atoms with Crippen molar-refractivity contribution in [1.82, 2.24) is 0 Å². The number of hydrogen-bond acceptors (Lipinski definition) is 9. The molecule has 4 N–H and O–H groups in total. The van der Waals surface area contributed by atoms with Crippen LogP contribution in [0.4, 0.5) is 0 Å². The second-order valence-corrected chi connectivity index (χ2v) is 17.8. The van der Waals surface area contributed by atoms with E-state index >= 15 is 0 Å². The van der Waals surface area contributed by atoms with E-state index in [-0.39, 0.29) is 41.7 Å². The summed E-state index contributed by atoms with van der Waals surface area (Å²) in [7, 11) is 0. The van der Waals surface area contributed by atoms with Crippen molar-refractivity contribution in [3.63, 3.8) is 0 Å². The minimum Gasteiger partial charge on any atom is -0.458 e. The molecule has 0 amide bonds. The molecule has 5 rings (SSSR count). The molecular formula is C43H69NO8. The SMILES string of the molecule is C=C(CCCC(=O)C1(CCC(C)CN)CCC(C2CC(C)C(=O)O2)=C(C)C1C=C(C)C(O)CC)CC1CCC(C)(O)C2(CCC3(CC(C)CO3)O2)O1. The van der Waals surface area contributed by atoms with E-state index in [0.29, 0.717) is 96.1 Å². The summed E-state index contributed by atoms with van der Waals surface area (Å²) in [5.74, 6) is -1.32. The number of ketones is 1. The van der Waals surface area contributed by atoms with E-state index in [1.54, 1.807) is 0 Å². The molecule has 0 aromatic heterocycles. The van der Waals surface area contributed by atoms with Gasteiger partial charge in [0.2, 0.25) is 5.79 Å². The summed E-state index contributed by atoms with van der Waals surface area (Å²) in [5, 5.41) is 22.3. The number of allylic oxidation sites excluding steroid dienone is 2. The van der Waals surface area contributed by atoms with Crippen LogP contribution in [-0.2, 0) is 28.5 Å². The zero-order chi connectivity index (χ0) is 38.1. The smallest absolute Gasteiger partial charge is 0.309 e. The lowest BCUT2D eigenvalue weighted by molar-refractivity contribution is -0.384. The predicted molar refractivity (Wildman–Crippen MR) is 202 cm³/mol. The molecule has 0 aromatic rings. The maximum Gasteiger partial charge on any atom is 0.309 e. The molecule has 11 atom stereocenters. The Balaban J connectivity index is 1.29. The number of ether oxygens (including phenoxy) is 4. The topological polar surface area (TPSA) is 138 Å². The highest BCUT2D eigenvalue weighted by molar-refractivity contribution is 5.86. The first-order valence-electron chi connectivity index (χ1n) is 20.4. The Kier molecular flexibility index (Phi) is 13.1. The van der Waals surface area contributed by atoms with E-state index in [9.17, 15) is 19.8 Å². The summed E-state index contributed by atoms with van der Waals surface area (Å²) in [6.07, 6.45) is 11.3. The van der Waals surface area contributed by atoms with Crippen molar-refractivity contribution in [1.29, 1.82) is 0 Å². The molecule has 0 aromatic carbocycles. The largest absolute Gasteiger partial charge is 0.458 e. The van der Waals surface area contributed by atoms with E-state index in [2.05, 4.69) is 33.4 Å². The Morgan fingerprint density at radius 1 is 1.17 bits per heavy atom. The predicted octanol–water partition coefficient (Wildman–Crippen LogP) is 7.62. The van der Waals surface area contributed by atoms with Crippen molar-refractivity contribution in [3.8, 4) is 0 Å². The Hall–Kier alpha value is -1.88. The van der Waals surface area contributed by atoms with E-state index in [1.807, 2.05) is 27.7 Å². The number of rotatable bonds is 15. The van der Waals surface area contributed by atoms with Gasteiger partial charge in [0.25, 0.3) is 0 Å². The molecule has 0 bridgehead atoms. The zero-order valence-corrected chi connectivity index (χ0v) is 33.3. The van der Waals surface area contributed by atoms with Crippen LogP contribution in [0.1, 0.15) is 145 Å². The average Bonchev–Trinajstić information content (AvgIpc) is 3.77. The van der Waals surface area contributed by atoms with E-state index < -0.39 is 28.7 Å². The molecule has 4 aliphatic heterocycles. The van der Waals surface area contributed by atoms with Gasteiger partial charge in [-0.1, -0.05) is 51.5 Å². The number of esters is 1. The minimum absolute atomic E-state index is 0.124. The average molecular weight is 728 g/mol. The molecule has 2 spiro atoms. The molecule has 9 nitrogen and oxygen atoms in total. The summed E-state index contributed by atoms with van der Waals surface area (Å²) < 4.78 is 25.2. The molecule has 0 radical (unpaired) electrons. The van der Waals surface area contributed by atoms with Crippen molar-refractivity contribution in [2.24, 2.45) is 34.8 Å². The maximum atomic E-state index is 14.7. The third-order valence-electron chi connectivity index (χ3n) is 13.5. The third-order valence-corrected chi connectivity index (χ3v) is 13.5. The molecule has 5 aliphatic rings. The normalized spacial score (nSPS) is 39.4. The fourth-order valence-electron chi connectivity index (χ4n) is 9.82. The van der Waals surface area contributed by atoms with Crippen LogP contribution in [0.5, 0.6) is 0 Å². The summed E-state index contributed by atoms with van der Waals surface area (Å²) in [6.45, 7) is 19.7. The number of Topliss-reactive ketones (excluding diaryl/α,β-unsaturated/α-hetero) is 1. The third kappa shape index (κ3) is 8.50. The molecular weight excluding hydrogens is 658 g/mol. The number of hydrogen-bond donors (Lipinski definition) is 3. The first kappa shape index (κ1) is 41.3. The Bertz CT molecular complexity index is 1390. The molecule has 4 heterocycles. The Morgan fingerprint density at radius 3 is 2.56 bits per heavy atom. The second kappa shape index (κ2) is 16.5. The number of carbonyl (C=O) groups excluding carboxylic acids is 2. The zero-order valence-electron chi connectivity index (χ0n) is 33.3. The van der Waals surface area contributed by atoms with Crippen LogP contribution < -0.4 is 5.73 Å². The van der Waals surface area contributed by atoms with Gasteiger partial charge in [-0.3, -0.25) is 9.59 Å². The van der Waals surface area contributed by atoms with Crippen LogP contribution in [0.15, 0.2) is 34.9 Å². The van der Waals surface area contributed by atoms with Gasteiger partial charge in [0.15, 0.2) is 5.79 Å². The van der Waals surface area contributed by atoms with E-state index in [0.717, 1.165) is 41.6 Å². The van der Waals surface area contributed by atoms with Gasteiger partial charge in [-0.2, -0.15) is 0 Å². The summed E-state index contributed by atoms with van der Waals surface area (Å²) in [4.78, 5) is 27.2. The van der Waals surface area contributed by atoms with Crippen molar-refractivity contribution in [3.05, 3.63) is 34.9 Å². The quantitative estimate of drug-likeness (QED) is 0.115. The number of aliphatic hydroxyl groups is 2. The highest BCUT2D eigenvalue weighted by Gasteiger charge is 2.63. The molecule has 9 heteroatoms. The highest BCUT2D eigenvalue weighted by Crippen LogP contribution is 2.55. The van der Waals surface area contributed by atoms with Crippen molar-refractivity contribution >= 4 is 11.8 Å². The molecule has 4 saturated heterocycles. The molecule has 11 unspecified atom stereocenters. The monoisotopic (exact) mass is 728 g/mol. The van der Waals surface area contributed by atoms with E-state index in [4.69, 9.17) is 24.7 Å². The van der Waals surface area contributed by atoms with Gasteiger partial charge < -0.3 is 34.9 Å². The number of cyclic esters (lactones) is 1. The molecule has 4 fully saturated rings. The van der Waals surface area contributed by atoms with Gasteiger partial charge in [0.05, 0.1) is 24.7 Å². The lowest BCUT2D eigenvalue weighted by Crippen LogP contribution is -2.60. The van der Waals surface area contributed by atoms with Gasteiger partial charge in [0.1, 0.15) is 17.5 Å². The highest BCUT2D eigenvalue weighted by atomic mass is 16.8. The fourth-order valence-corrected chi connectivity index (χ4v) is 9.82. The van der Waals surface area contributed by atoms with Crippen LogP contribution in [-0.4, -0.2) is 70.6 Å². The number of nitrogens with two attached hydrogens (primary N) is 1. The molecule has 0 saturated carbocycles. The first-order chi connectivity index (χ1) is 24.5. The van der Waals surface area contributed by atoms with Gasteiger partial charge in [0, 0.05) is 43.4 Å². The summed E-state index contributed by atoms with van der Waals surface area (Å²) in [5.41, 5.74) is 8.49. The Morgan fingerprint density at radius 2 is 1.92 bits per heavy atom. The van der Waals surface area contributed by atoms with Crippen molar-refractivity contribution in [2.75, 3.05) is 13.2 Å². The fraction of sp³-hybridized carbons (Fsp3) is 0.814. The minimum atomic E-state index is -1.10. The van der Waals surface area contributed by atoms with Crippen LogP contribution in [0.25, 0.3) is 0 Å². The Labute approximate surface area is 313 Å². The second-order valence-electron chi connectivity index (χ2n) is 17.8. The van der Waals surface area contributed by atoms with Crippen molar-refractivity contribution < 1.29 is 38.7 Å². The van der Waals surface area contributed by atoms with E-state index in [1.165, 1.54) is 0 Å². The molecule has 52 heavy (non-hydrogen) atoms. The van der Waals surface area contributed by atoms with Crippen LogP contribution in [0.3, 0.4) is 0 Å². The van der Waals surface area contributed by atoms with Crippen LogP contribution >= 0.6 is 0 Å². The van der Waals surface area contributed by atoms with Crippen LogP contribution in [0.2, 0.25) is 0 Å². The number of aliphatic hydroxyl groups excluding tert-OH is 1. The molecule has 1 aliphatic carbocycles. The summed E-state index contributed by atoms with van der Waals surface area (Å²) >= 11 is 0. The van der Waals surface area contributed by atoms with Crippen LogP contribution in [0, 0.1) is 29.1 Å². The van der Waals surface area contributed by atoms with Gasteiger partial charge in [-0.25, -0.2) is 0 Å². The number of carbonyl (C=O) groups is 2. The van der Waals surface area contributed by atoms with Gasteiger partial charge in [-0.05, 0) is 115 Å². The first-order valence-corrected chi connectivity index (χ1v) is 20.4. The van der Waals surface area contributed by atoms with Gasteiger partial charge in [-0.15, -0.1) is 0 Å². The van der Waals surface area contributed by atoms with Gasteiger partial charge >= 0.3 is 5.97 Å². The molecule has 294 valence electrons. The standard InChI is InChI=1S/C43H69NO8/c1-9-36(45)30(5)22-35-32(7)34(37-23-31(6)39(47)50-37)15-18-41(35,17-13-28(3)25-44)38(46)12-10-11-27(2)21-33-14-16-40(8,48)43(51-33)20-19-42(52-43)24-29(4)26-49-42/h22,28-29,31,33,35-37,45,48H,2,9-21,23-26,44H2,1,3-8H3. The maximum absolute atomic E-state index is 14.7. The lowest BCUT2D eigenvalue weighted by Gasteiger charge is -2.49. The van der Waals surface area contributed by atoms with Crippen molar-refractivity contribution in [2.45, 2.75) is 180 Å². The lowest BCUT2D eigenvalue weighted by atomic mass is 9.58. The summed E-state index contributed by atoms with van der Waals surface area (Å²) in [6, 6.07) is 0.